The number of carbonyl (C=O) groups excluding carboxylic acids is 1. The summed E-state index contributed by atoms with van der Waals surface area (Å²) in [6.45, 7) is 1.22. The summed E-state index contributed by atoms with van der Waals surface area (Å²) in [6.07, 6.45) is 0. The van der Waals surface area contributed by atoms with E-state index in [1.54, 1.807) is 0 Å². The van der Waals surface area contributed by atoms with Crippen molar-refractivity contribution in [2.45, 2.75) is 6.92 Å². The first-order valence-corrected chi connectivity index (χ1v) is 4.22. The molecule has 5 nitrogen and oxygen atoms in total. The largest absolute Gasteiger partial charge is 0.355 e. The summed E-state index contributed by atoms with van der Waals surface area (Å²) in [4.78, 5) is 10.1. The summed E-state index contributed by atoms with van der Waals surface area (Å²) in [5.41, 5.74) is 0. The van der Waals surface area contributed by atoms with Crippen LogP contribution in [-0.2, 0) is 14.9 Å². The molecule has 0 heterocycles. The van der Waals surface area contributed by atoms with Crippen LogP contribution < -0.4 is 5.32 Å². The Labute approximate surface area is 81.4 Å². The quantitative estimate of drug-likeness (QED) is 0.405. The molecule has 0 bridgehead atoms. The van der Waals surface area contributed by atoms with Crippen molar-refractivity contribution in [2.24, 2.45) is 0 Å². The van der Waals surface area contributed by atoms with E-state index < -0.39 is 15.9 Å². The van der Waals surface area contributed by atoms with Crippen LogP contribution in [0.4, 0.5) is 0 Å². The van der Waals surface area contributed by atoms with Crippen molar-refractivity contribution in [2.75, 3.05) is 12.3 Å². The second kappa shape index (κ2) is 5.75. The molecule has 0 rings (SSSR count). The first-order valence-electron chi connectivity index (χ1n) is 2.61. The average Bonchev–Trinajstić information content (AvgIpc) is 1.59. The molecule has 0 aliphatic rings. The van der Waals surface area contributed by atoms with E-state index in [9.17, 15) is 13.2 Å². The van der Waals surface area contributed by atoms with Crippen LogP contribution in [0.2, 0.25) is 0 Å². The van der Waals surface area contributed by atoms with Crippen LogP contribution in [0.15, 0.2) is 0 Å². The molecule has 11 heavy (non-hydrogen) atoms. The predicted octanol–water partition coefficient (Wildman–Crippen LogP) is -1.91. The van der Waals surface area contributed by atoms with Crippen molar-refractivity contribution in [3.63, 3.8) is 0 Å². The van der Waals surface area contributed by atoms with Gasteiger partial charge in [-0.1, -0.05) is 0 Å². The summed E-state index contributed by atoms with van der Waals surface area (Å²) in [5.74, 6) is -0.754. The maximum Gasteiger partial charge on any atom is 0.316 e. The number of hydrogen-bond acceptors (Lipinski definition) is 3. The molecule has 0 spiro atoms. The Kier molecular flexibility index (Phi) is 7.17. The molecular formula is C4H11MgNO4S. The molecule has 0 saturated heterocycles. The van der Waals surface area contributed by atoms with Crippen LogP contribution >= 0.6 is 0 Å². The second-order valence-corrected chi connectivity index (χ2v) is 3.34. The van der Waals surface area contributed by atoms with E-state index in [2.05, 4.69) is 5.32 Å². The molecule has 1 amide bonds. The van der Waals surface area contributed by atoms with Gasteiger partial charge in [0, 0.05) is 13.5 Å². The standard InChI is InChI=1S/C4H9NO4S.Mg.2H/c1-4(6)5-2-3-10(7,8)9;;;/h2-3H2,1H3,(H,5,6)(H,7,8,9);;;. The van der Waals surface area contributed by atoms with Gasteiger partial charge in [-0.25, -0.2) is 0 Å². The molecule has 0 aromatic carbocycles. The topological polar surface area (TPSA) is 83.5 Å². The molecule has 64 valence electrons. The summed E-state index contributed by atoms with van der Waals surface area (Å²) in [7, 11) is -3.93. The maximum absolute atomic E-state index is 10.1. The minimum absolute atomic E-state index is 0. The molecule has 0 aromatic rings. The van der Waals surface area contributed by atoms with E-state index >= 15 is 0 Å². The molecular weight excluding hydrogens is 182 g/mol. The van der Waals surface area contributed by atoms with Crippen LogP contribution in [0, 0.1) is 0 Å². The number of rotatable bonds is 3. The summed E-state index contributed by atoms with van der Waals surface area (Å²) in [5, 5.41) is 2.22. The van der Waals surface area contributed by atoms with Gasteiger partial charge in [0.15, 0.2) is 0 Å². The smallest absolute Gasteiger partial charge is 0.316 e. The third-order valence-corrected chi connectivity index (χ3v) is 1.45. The summed E-state index contributed by atoms with van der Waals surface area (Å²) >= 11 is 0. The fourth-order valence-corrected chi connectivity index (χ4v) is 0.716. The minimum Gasteiger partial charge on any atom is -0.355 e. The predicted molar refractivity (Wildman–Crippen MR) is 43.6 cm³/mol. The zero-order valence-electron chi connectivity index (χ0n) is 5.49. The van der Waals surface area contributed by atoms with Crippen molar-refractivity contribution < 1.29 is 17.8 Å². The van der Waals surface area contributed by atoms with E-state index in [4.69, 9.17) is 4.55 Å². The normalized spacial score (nSPS) is 10.0. The van der Waals surface area contributed by atoms with Gasteiger partial charge in [-0.05, 0) is 0 Å². The third-order valence-electron chi connectivity index (χ3n) is 0.734. The van der Waals surface area contributed by atoms with Gasteiger partial charge in [-0.2, -0.15) is 8.42 Å². The number of carbonyl (C=O) groups is 1. The number of hydrogen-bond donors (Lipinski definition) is 2. The Hall–Kier alpha value is 0.146. The van der Waals surface area contributed by atoms with Crippen LogP contribution in [0.5, 0.6) is 0 Å². The van der Waals surface area contributed by atoms with Gasteiger partial charge in [0.1, 0.15) is 0 Å². The van der Waals surface area contributed by atoms with Gasteiger partial charge >= 0.3 is 23.1 Å². The van der Waals surface area contributed by atoms with Gasteiger partial charge in [0.05, 0.1) is 5.75 Å². The number of nitrogens with one attached hydrogen (secondary N) is 1. The van der Waals surface area contributed by atoms with E-state index in [1.165, 1.54) is 6.92 Å². The molecule has 0 unspecified atom stereocenters. The first kappa shape index (κ1) is 13.7. The van der Waals surface area contributed by atoms with Crippen LogP contribution in [-0.4, -0.2) is 54.2 Å². The van der Waals surface area contributed by atoms with Crippen LogP contribution in [0.3, 0.4) is 0 Å². The van der Waals surface area contributed by atoms with E-state index in [1.807, 2.05) is 0 Å². The highest BCUT2D eigenvalue weighted by Crippen LogP contribution is 1.77. The Balaban J connectivity index is 0. The number of amides is 1. The minimum atomic E-state index is -3.93. The highest BCUT2D eigenvalue weighted by molar-refractivity contribution is 7.85. The van der Waals surface area contributed by atoms with Crippen molar-refractivity contribution in [3.8, 4) is 0 Å². The highest BCUT2D eigenvalue weighted by atomic mass is 32.2. The van der Waals surface area contributed by atoms with Gasteiger partial charge < -0.3 is 5.32 Å². The van der Waals surface area contributed by atoms with E-state index in [0.29, 0.717) is 0 Å². The van der Waals surface area contributed by atoms with Crippen LogP contribution in [0.1, 0.15) is 6.92 Å². The molecule has 7 heteroatoms. The SMILES string of the molecule is CC(=O)NCCS(=O)(=O)O.[MgH2]. The van der Waals surface area contributed by atoms with Crippen molar-refractivity contribution in [1.82, 2.24) is 5.32 Å². The van der Waals surface area contributed by atoms with E-state index in [0.717, 1.165) is 0 Å². The fraction of sp³-hybridized carbons (Fsp3) is 0.750. The van der Waals surface area contributed by atoms with Crippen molar-refractivity contribution in [3.05, 3.63) is 0 Å². The molecule has 0 radical (unpaired) electrons. The van der Waals surface area contributed by atoms with Gasteiger partial charge in [0.25, 0.3) is 10.1 Å². The molecule has 0 saturated carbocycles. The lowest BCUT2D eigenvalue weighted by atomic mass is 10.6. The zero-order valence-corrected chi connectivity index (χ0v) is 6.31. The Morgan fingerprint density at radius 2 is 2.00 bits per heavy atom. The first-order chi connectivity index (χ1) is 4.42. The maximum atomic E-state index is 10.1. The lowest BCUT2D eigenvalue weighted by Gasteiger charge is -1.97. The average molecular weight is 194 g/mol. The van der Waals surface area contributed by atoms with Crippen molar-refractivity contribution in [1.29, 1.82) is 0 Å². The van der Waals surface area contributed by atoms with Gasteiger partial charge in [-0.15, -0.1) is 0 Å². The summed E-state index contributed by atoms with van der Waals surface area (Å²) < 4.78 is 28.2. The van der Waals surface area contributed by atoms with E-state index in [-0.39, 0.29) is 35.5 Å². The fourth-order valence-electron chi connectivity index (χ4n) is 0.356. The third kappa shape index (κ3) is 13.2. The van der Waals surface area contributed by atoms with Gasteiger partial charge in [0.2, 0.25) is 5.91 Å². The Bertz CT molecular complexity index is 212. The zero-order chi connectivity index (χ0) is 8.20. The second-order valence-electron chi connectivity index (χ2n) is 1.77. The lowest BCUT2D eigenvalue weighted by molar-refractivity contribution is -0.118. The van der Waals surface area contributed by atoms with Crippen LogP contribution in [0.25, 0.3) is 0 Å². The molecule has 0 aliphatic carbocycles. The van der Waals surface area contributed by atoms with Crippen molar-refractivity contribution >= 4 is 39.1 Å². The molecule has 0 aromatic heterocycles. The summed E-state index contributed by atoms with van der Waals surface area (Å²) in [6, 6.07) is 0. The highest BCUT2D eigenvalue weighted by Gasteiger charge is 2.02. The molecule has 0 atom stereocenters. The molecule has 2 N–H and O–H groups in total. The monoisotopic (exact) mass is 193 g/mol. The molecule has 0 fully saturated rings. The Morgan fingerprint density at radius 1 is 1.55 bits per heavy atom. The Morgan fingerprint density at radius 3 is 2.27 bits per heavy atom. The lowest BCUT2D eigenvalue weighted by Crippen LogP contribution is -2.26. The van der Waals surface area contributed by atoms with Gasteiger partial charge in [-0.3, -0.25) is 9.35 Å². The molecule has 0 aliphatic heterocycles.